The highest BCUT2D eigenvalue weighted by atomic mass is 35.5. The minimum atomic E-state index is 0.547. The van der Waals surface area contributed by atoms with Crippen LogP contribution in [0.15, 0.2) is 60.2 Å². The van der Waals surface area contributed by atoms with Crippen LogP contribution >= 0.6 is 11.6 Å². The summed E-state index contributed by atoms with van der Waals surface area (Å²) in [6, 6.07) is 11.0. The number of hydrogen-bond donors (Lipinski definition) is 1. The number of hydrogen-bond acceptors (Lipinski definition) is 7. The smallest absolute Gasteiger partial charge is 0.212 e. The Morgan fingerprint density at radius 1 is 1.15 bits per heavy atom. The van der Waals surface area contributed by atoms with Crippen molar-refractivity contribution >= 4 is 34.7 Å². The Hall–Kier alpha value is -3.52. The largest absolute Gasteiger partial charge is 0.481 e. The Bertz CT molecular complexity index is 1110. The maximum absolute atomic E-state index is 6.07. The second-order valence-corrected chi connectivity index (χ2v) is 5.94. The molecule has 0 aliphatic heterocycles. The fourth-order valence-electron chi connectivity index (χ4n) is 2.49. The molecule has 0 aliphatic carbocycles. The third-order valence-electron chi connectivity index (χ3n) is 3.77. The predicted molar refractivity (Wildman–Crippen MR) is 104 cm³/mol. The first-order chi connectivity index (χ1) is 13.2. The van der Waals surface area contributed by atoms with Crippen LogP contribution in [0, 0.1) is 0 Å². The molecule has 0 atom stereocenters. The standard InChI is InChI=1S/C18H14ClN7O/c1-27-16-6-5-12(8-20-16)9-23-25-17-15-10-24-26(18(15)22-11-21-17)14-4-2-3-13(19)7-14/h2-11H,1H3,(H,21,22,25). The molecular weight excluding hydrogens is 366 g/mol. The first-order valence-corrected chi connectivity index (χ1v) is 8.36. The number of methoxy groups -OCH3 is 1. The van der Waals surface area contributed by atoms with Crippen LogP contribution in [0.25, 0.3) is 16.7 Å². The number of nitrogens with one attached hydrogen (secondary N) is 1. The van der Waals surface area contributed by atoms with Gasteiger partial charge in [-0.3, -0.25) is 5.43 Å². The molecule has 4 rings (SSSR count). The molecule has 0 saturated heterocycles. The second kappa shape index (κ2) is 7.38. The van der Waals surface area contributed by atoms with Gasteiger partial charge in [-0.1, -0.05) is 17.7 Å². The van der Waals surface area contributed by atoms with E-state index in [1.54, 1.807) is 42.5 Å². The van der Waals surface area contributed by atoms with E-state index in [1.165, 1.54) is 6.33 Å². The summed E-state index contributed by atoms with van der Waals surface area (Å²) in [6.07, 6.45) is 6.44. The third kappa shape index (κ3) is 3.56. The van der Waals surface area contributed by atoms with Crippen molar-refractivity contribution in [2.75, 3.05) is 12.5 Å². The Morgan fingerprint density at radius 2 is 2.07 bits per heavy atom. The van der Waals surface area contributed by atoms with Crippen molar-refractivity contribution in [1.82, 2.24) is 24.7 Å². The molecule has 0 unspecified atom stereocenters. The number of halogens is 1. The molecule has 9 heteroatoms. The van der Waals surface area contributed by atoms with Crippen molar-refractivity contribution in [3.05, 3.63) is 65.7 Å². The normalized spacial score (nSPS) is 11.2. The molecule has 3 heterocycles. The van der Waals surface area contributed by atoms with Crippen LogP contribution < -0.4 is 10.2 Å². The van der Waals surface area contributed by atoms with Crippen LogP contribution in [0.2, 0.25) is 5.02 Å². The lowest BCUT2D eigenvalue weighted by Gasteiger charge is -2.04. The van der Waals surface area contributed by atoms with E-state index in [9.17, 15) is 0 Å². The topological polar surface area (TPSA) is 90.1 Å². The van der Waals surface area contributed by atoms with Gasteiger partial charge in [0.2, 0.25) is 5.88 Å². The number of ether oxygens (including phenoxy) is 1. The number of anilines is 1. The van der Waals surface area contributed by atoms with Crippen molar-refractivity contribution in [2.24, 2.45) is 5.10 Å². The van der Waals surface area contributed by atoms with Gasteiger partial charge in [-0.2, -0.15) is 10.2 Å². The maximum Gasteiger partial charge on any atom is 0.212 e. The highest BCUT2D eigenvalue weighted by molar-refractivity contribution is 6.30. The van der Waals surface area contributed by atoms with Gasteiger partial charge in [0.05, 0.1) is 30.6 Å². The van der Waals surface area contributed by atoms with E-state index >= 15 is 0 Å². The van der Waals surface area contributed by atoms with Gasteiger partial charge in [-0.25, -0.2) is 19.6 Å². The van der Waals surface area contributed by atoms with E-state index in [0.717, 1.165) is 16.6 Å². The number of fused-ring (bicyclic) bond motifs is 1. The summed E-state index contributed by atoms with van der Waals surface area (Å²) in [5.41, 5.74) is 5.21. The third-order valence-corrected chi connectivity index (χ3v) is 4.01. The van der Waals surface area contributed by atoms with Crippen molar-refractivity contribution in [2.45, 2.75) is 0 Å². The summed E-state index contributed by atoms with van der Waals surface area (Å²) in [5, 5.41) is 9.97. The molecule has 0 radical (unpaired) electrons. The van der Waals surface area contributed by atoms with Crippen molar-refractivity contribution in [1.29, 1.82) is 0 Å². The summed E-state index contributed by atoms with van der Waals surface area (Å²) >= 11 is 6.07. The lowest BCUT2D eigenvalue weighted by atomic mass is 10.3. The number of aromatic nitrogens is 5. The molecule has 27 heavy (non-hydrogen) atoms. The molecular formula is C18H14ClN7O. The average Bonchev–Trinajstić information content (AvgIpc) is 3.13. The number of rotatable bonds is 5. The molecule has 4 aromatic rings. The molecule has 134 valence electrons. The molecule has 3 aromatic heterocycles. The zero-order valence-corrected chi connectivity index (χ0v) is 15.0. The Balaban J connectivity index is 1.60. The fraction of sp³-hybridized carbons (Fsp3) is 0.0556. The lowest BCUT2D eigenvalue weighted by Crippen LogP contribution is -1.99. The average molecular weight is 380 g/mol. The number of hydrazone groups is 1. The number of benzene rings is 1. The Kier molecular flexibility index (Phi) is 4.63. The van der Waals surface area contributed by atoms with Crippen LogP contribution in [0.5, 0.6) is 5.88 Å². The predicted octanol–water partition coefficient (Wildman–Crippen LogP) is 3.32. The summed E-state index contributed by atoms with van der Waals surface area (Å²) in [4.78, 5) is 12.7. The summed E-state index contributed by atoms with van der Waals surface area (Å²) in [6.45, 7) is 0. The van der Waals surface area contributed by atoms with E-state index in [2.05, 4.69) is 30.6 Å². The molecule has 0 bridgehead atoms. The maximum atomic E-state index is 6.07. The van der Waals surface area contributed by atoms with Gasteiger partial charge in [0.25, 0.3) is 0 Å². The van der Waals surface area contributed by atoms with Gasteiger partial charge < -0.3 is 4.74 Å². The molecule has 1 aromatic carbocycles. The van der Waals surface area contributed by atoms with Gasteiger partial charge >= 0.3 is 0 Å². The number of nitrogens with zero attached hydrogens (tertiary/aromatic N) is 6. The summed E-state index contributed by atoms with van der Waals surface area (Å²) in [7, 11) is 1.57. The summed E-state index contributed by atoms with van der Waals surface area (Å²) in [5.74, 6) is 1.09. The molecule has 0 aliphatic rings. The molecule has 8 nitrogen and oxygen atoms in total. The number of pyridine rings is 1. The van der Waals surface area contributed by atoms with Gasteiger partial charge in [-0.15, -0.1) is 0 Å². The highest BCUT2D eigenvalue weighted by Gasteiger charge is 2.11. The van der Waals surface area contributed by atoms with Crippen LogP contribution in [0.3, 0.4) is 0 Å². The van der Waals surface area contributed by atoms with Gasteiger partial charge in [-0.05, 0) is 24.3 Å². The van der Waals surface area contributed by atoms with E-state index in [-0.39, 0.29) is 0 Å². The van der Waals surface area contributed by atoms with Crippen LogP contribution in [0.1, 0.15) is 5.56 Å². The van der Waals surface area contributed by atoms with E-state index < -0.39 is 0 Å². The minimum absolute atomic E-state index is 0.547. The van der Waals surface area contributed by atoms with E-state index in [1.807, 2.05) is 24.3 Å². The van der Waals surface area contributed by atoms with Crippen LogP contribution in [0.4, 0.5) is 5.82 Å². The Morgan fingerprint density at radius 3 is 2.85 bits per heavy atom. The molecule has 1 N–H and O–H groups in total. The Labute approximate surface area is 159 Å². The lowest BCUT2D eigenvalue weighted by molar-refractivity contribution is 0.398. The second-order valence-electron chi connectivity index (χ2n) is 5.50. The first kappa shape index (κ1) is 16.9. The quantitative estimate of drug-likeness (QED) is 0.422. The molecule has 0 spiro atoms. The fourth-order valence-corrected chi connectivity index (χ4v) is 2.67. The zero-order valence-electron chi connectivity index (χ0n) is 14.2. The van der Waals surface area contributed by atoms with Gasteiger partial charge in [0.1, 0.15) is 6.33 Å². The molecule has 0 fully saturated rings. The molecule has 0 amide bonds. The highest BCUT2D eigenvalue weighted by Crippen LogP contribution is 2.23. The van der Waals surface area contributed by atoms with Crippen LogP contribution in [-0.2, 0) is 0 Å². The van der Waals surface area contributed by atoms with Crippen molar-refractivity contribution < 1.29 is 4.74 Å². The first-order valence-electron chi connectivity index (χ1n) is 7.98. The van der Waals surface area contributed by atoms with Crippen molar-refractivity contribution in [3.8, 4) is 11.6 Å². The zero-order chi connectivity index (χ0) is 18.6. The molecule has 0 saturated carbocycles. The monoisotopic (exact) mass is 379 g/mol. The van der Waals surface area contributed by atoms with Gasteiger partial charge in [0.15, 0.2) is 11.5 Å². The van der Waals surface area contributed by atoms with Crippen LogP contribution in [-0.4, -0.2) is 38.1 Å². The van der Waals surface area contributed by atoms with E-state index in [4.69, 9.17) is 16.3 Å². The van der Waals surface area contributed by atoms with Gasteiger partial charge in [0, 0.05) is 22.8 Å². The van der Waals surface area contributed by atoms with E-state index in [0.29, 0.717) is 22.4 Å². The SMILES string of the molecule is COc1ccc(C=NNc2ncnc3c2cnn3-c2cccc(Cl)c2)cn1. The summed E-state index contributed by atoms with van der Waals surface area (Å²) < 4.78 is 6.73. The minimum Gasteiger partial charge on any atom is -0.481 e. The van der Waals surface area contributed by atoms with Crippen molar-refractivity contribution in [3.63, 3.8) is 0 Å².